The van der Waals surface area contributed by atoms with Gasteiger partial charge in [-0.25, -0.2) is 4.98 Å². The molecule has 2 atom stereocenters. The number of hydrogen-bond donors (Lipinski definition) is 2. The Bertz CT molecular complexity index is 478. The molecule has 4 nitrogen and oxygen atoms in total. The Labute approximate surface area is 125 Å². The van der Waals surface area contributed by atoms with Crippen molar-refractivity contribution in [3.05, 3.63) is 22.8 Å². The average molecular weight is 296 g/mol. The smallest absolute Gasteiger partial charge is 0.253 e. The number of carbonyl (C=O) groups is 1. The van der Waals surface area contributed by atoms with E-state index in [-0.39, 0.29) is 11.9 Å². The quantitative estimate of drug-likeness (QED) is 0.894. The molecule has 1 aliphatic carbocycles. The minimum absolute atomic E-state index is 0.102. The number of halogens is 1. The van der Waals surface area contributed by atoms with Crippen LogP contribution in [-0.4, -0.2) is 23.5 Å². The molecule has 1 aliphatic rings. The molecule has 0 radical (unpaired) electrons. The first kappa shape index (κ1) is 15.1. The van der Waals surface area contributed by atoms with Crippen LogP contribution in [0, 0.1) is 5.92 Å². The van der Waals surface area contributed by atoms with Crippen LogP contribution in [0.4, 0.5) is 5.82 Å². The highest BCUT2D eigenvalue weighted by atomic mass is 35.5. The highest BCUT2D eigenvalue weighted by Gasteiger charge is 2.24. The lowest BCUT2D eigenvalue weighted by Gasteiger charge is -2.29. The molecule has 110 valence electrons. The van der Waals surface area contributed by atoms with Gasteiger partial charge >= 0.3 is 0 Å². The molecule has 2 N–H and O–H groups in total. The van der Waals surface area contributed by atoms with Gasteiger partial charge in [0.15, 0.2) is 0 Å². The Kier molecular flexibility index (Phi) is 5.24. The van der Waals surface area contributed by atoms with E-state index in [4.69, 9.17) is 11.6 Å². The summed E-state index contributed by atoms with van der Waals surface area (Å²) in [7, 11) is 0. The van der Waals surface area contributed by atoms with Gasteiger partial charge in [-0.1, -0.05) is 31.4 Å². The standard InChI is InChI=1S/C15H22ClN3O/c1-3-17-14-8-11(12(16)9-18-14)15(20)19-13-7-5-4-6-10(13)2/h8-10,13H,3-7H2,1-2H3,(H,17,18)(H,19,20). The van der Waals surface area contributed by atoms with Crippen LogP contribution in [-0.2, 0) is 0 Å². The van der Waals surface area contributed by atoms with Crippen LogP contribution < -0.4 is 10.6 Å². The summed E-state index contributed by atoms with van der Waals surface area (Å²) >= 11 is 6.09. The lowest BCUT2D eigenvalue weighted by molar-refractivity contribution is 0.0910. The summed E-state index contributed by atoms with van der Waals surface area (Å²) in [4.78, 5) is 16.5. The third kappa shape index (κ3) is 3.63. The molecule has 2 rings (SSSR count). The normalized spacial score (nSPS) is 22.4. The van der Waals surface area contributed by atoms with Crippen molar-refractivity contribution in [3.63, 3.8) is 0 Å². The number of nitrogens with zero attached hydrogens (tertiary/aromatic N) is 1. The molecule has 1 heterocycles. The maximum absolute atomic E-state index is 12.4. The summed E-state index contributed by atoms with van der Waals surface area (Å²) in [5, 5.41) is 6.60. The number of amides is 1. The highest BCUT2D eigenvalue weighted by Crippen LogP contribution is 2.25. The van der Waals surface area contributed by atoms with Gasteiger partial charge in [0.05, 0.1) is 10.6 Å². The zero-order chi connectivity index (χ0) is 14.5. The first-order valence-corrected chi connectivity index (χ1v) is 7.70. The van der Waals surface area contributed by atoms with Gasteiger partial charge in [-0.3, -0.25) is 4.79 Å². The van der Waals surface area contributed by atoms with E-state index in [1.165, 1.54) is 25.5 Å². The summed E-state index contributed by atoms with van der Waals surface area (Å²) in [6.07, 6.45) is 6.20. The zero-order valence-electron chi connectivity index (χ0n) is 12.1. The number of nitrogens with one attached hydrogen (secondary N) is 2. The van der Waals surface area contributed by atoms with Crippen LogP contribution >= 0.6 is 11.6 Å². The molecule has 0 bridgehead atoms. The molecule has 1 aromatic rings. The van der Waals surface area contributed by atoms with Crippen molar-refractivity contribution >= 4 is 23.3 Å². The van der Waals surface area contributed by atoms with E-state index in [1.54, 1.807) is 6.07 Å². The third-order valence-corrected chi connectivity index (χ3v) is 4.19. The molecule has 1 saturated carbocycles. The lowest BCUT2D eigenvalue weighted by atomic mass is 9.86. The fourth-order valence-electron chi connectivity index (χ4n) is 2.67. The largest absolute Gasteiger partial charge is 0.370 e. The molecule has 0 saturated heterocycles. The summed E-state index contributed by atoms with van der Waals surface area (Å²) in [6.45, 7) is 4.94. The summed E-state index contributed by atoms with van der Waals surface area (Å²) < 4.78 is 0. The molecule has 5 heteroatoms. The summed E-state index contributed by atoms with van der Waals surface area (Å²) in [6, 6.07) is 1.97. The minimum atomic E-state index is -0.102. The molecule has 0 aliphatic heterocycles. The van der Waals surface area contributed by atoms with E-state index in [1.807, 2.05) is 6.92 Å². The monoisotopic (exact) mass is 295 g/mol. The van der Waals surface area contributed by atoms with Gasteiger partial charge in [-0.2, -0.15) is 0 Å². The second-order valence-corrected chi connectivity index (χ2v) is 5.83. The number of hydrogen-bond acceptors (Lipinski definition) is 3. The lowest BCUT2D eigenvalue weighted by Crippen LogP contribution is -2.41. The molecule has 0 spiro atoms. The van der Waals surface area contributed by atoms with E-state index < -0.39 is 0 Å². The molecule has 2 unspecified atom stereocenters. The van der Waals surface area contributed by atoms with Gasteiger partial charge in [0.25, 0.3) is 5.91 Å². The van der Waals surface area contributed by atoms with E-state index in [0.29, 0.717) is 22.3 Å². The molecule has 0 aromatic carbocycles. The molecule has 20 heavy (non-hydrogen) atoms. The van der Waals surface area contributed by atoms with Crippen molar-refractivity contribution < 1.29 is 4.79 Å². The second kappa shape index (κ2) is 6.93. The van der Waals surface area contributed by atoms with Crippen LogP contribution in [0.3, 0.4) is 0 Å². The molecule has 1 aromatic heterocycles. The SMILES string of the molecule is CCNc1cc(C(=O)NC2CCCCC2C)c(Cl)cn1. The fourth-order valence-corrected chi connectivity index (χ4v) is 2.86. The maximum Gasteiger partial charge on any atom is 0.253 e. The van der Waals surface area contributed by atoms with E-state index in [0.717, 1.165) is 13.0 Å². The van der Waals surface area contributed by atoms with Crippen LogP contribution in [0.5, 0.6) is 0 Å². The Balaban J connectivity index is 2.09. The summed E-state index contributed by atoms with van der Waals surface area (Å²) in [5.41, 5.74) is 0.496. The van der Waals surface area contributed by atoms with Gasteiger partial charge in [0.1, 0.15) is 5.82 Å². The second-order valence-electron chi connectivity index (χ2n) is 5.42. The predicted octanol–water partition coefficient (Wildman–Crippen LogP) is 3.48. The predicted molar refractivity (Wildman–Crippen MR) is 82.3 cm³/mol. The van der Waals surface area contributed by atoms with Gasteiger partial charge in [0, 0.05) is 18.8 Å². The highest BCUT2D eigenvalue weighted by molar-refractivity contribution is 6.33. The number of anilines is 1. The number of rotatable bonds is 4. The van der Waals surface area contributed by atoms with E-state index >= 15 is 0 Å². The van der Waals surface area contributed by atoms with Crippen molar-refractivity contribution in [2.45, 2.75) is 45.6 Å². The topological polar surface area (TPSA) is 54.0 Å². The van der Waals surface area contributed by atoms with Gasteiger partial charge in [-0.15, -0.1) is 0 Å². The Morgan fingerprint density at radius 2 is 2.20 bits per heavy atom. The molecular weight excluding hydrogens is 274 g/mol. The van der Waals surface area contributed by atoms with Crippen LogP contribution in [0.1, 0.15) is 49.9 Å². The Morgan fingerprint density at radius 3 is 2.90 bits per heavy atom. The molecule has 1 amide bonds. The first-order chi connectivity index (χ1) is 9.61. The van der Waals surface area contributed by atoms with E-state index in [9.17, 15) is 4.79 Å². The van der Waals surface area contributed by atoms with Crippen molar-refractivity contribution in [1.82, 2.24) is 10.3 Å². The minimum Gasteiger partial charge on any atom is -0.370 e. The van der Waals surface area contributed by atoms with Crippen LogP contribution in [0.2, 0.25) is 5.02 Å². The first-order valence-electron chi connectivity index (χ1n) is 7.32. The van der Waals surface area contributed by atoms with Crippen molar-refractivity contribution in [2.24, 2.45) is 5.92 Å². The maximum atomic E-state index is 12.4. The van der Waals surface area contributed by atoms with Crippen molar-refractivity contribution in [1.29, 1.82) is 0 Å². The van der Waals surface area contributed by atoms with Gasteiger partial charge in [0.2, 0.25) is 0 Å². The van der Waals surface area contributed by atoms with Crippen molar-refractivity contribution in [2.75, 3.05) is 11.9 Å². The number of pyridine rings is 1. The molecule has 1 fully saturated rings. The van der Waals surface area contributed by atoms with Gasteiger partial charge in [-0.05, 0) is 31.7 Å². The van der Waals surface area contributed by atoms with Gasteiger partial charge < -0.3 is 10.6 Å². The Hall–Kier alpha value is -1.29. The third-order valence-electron chi connectivity index (χ3n) is 3.89. The average Bonchev–Trinajstić information content (AvgIpc) is 2.43. The number of aromatic nitrogens is 1. The fraction of sp³-hybridized carbons (Fsp3) is 0.600. The molecular formula is C15H22ClN3O. The Morgan fingerprint density at radius 1 is 1.45 bits per heavy atom. The van der Waals surface area contributed by atoms with Crippen LogP contribution in [0.25, 0.3) is 0 Å². The summed E-state index contributed by atoms with van der Waals surface area (Å²) in [5.74, 6) is 1.11. The van der Waals surface area contributed by atoms with Crippen molar-refractivity contribution in [3.8, 4) is 0 Å². The van der Waals surface area contributed by atoms with E-state index in [2.05, 4.69) is 22.5 Å². The zero-order valence-corrected chi connectivity index (χ0v) is 12.8. The van der Waals surface area contributed by atoms with Crippen LogP contribution in [0.15, 0.2) is 12.3 Å². The number of carbonyl (C=O) groups excluding carboxylic acids is 1.